The van der Waals surface area contributed by atoms with Crippen molar-refractivity contribution in [1.29, 1.82) is 0 Å². The summed E-state index contributed by atoms with van der Waals surface area (Å²) in [4.78, 5) is 0. The van der Waals surface area contributed by atoms with Crippen molar-refractivity contribution >= 4 is 18.3 Å². The summed E-state index contributed by atoms with van der Waals surface area (Å²) in [5.41, 5.74) is 5.81. The molecular weight excluding hydrogens is 414 g/mol. The topological polar surface area (TPSA) is 45.3 Å². The zero-order valence-corrected chi connectivity index (χ0v) is 20.4. The van der Waals surface area contributed by atoms with Crippen LogP contribution in [0.1, 0.15) is 43.7 Å². The van der Waals surface area contributed by atoms with E-state index in [4.69, 9.17) is 17.4 Å². The molecule has 0 bridgehead atoms. The Hall–Kier alpha value is -2.53. The van der Waals surface area contributed by atoms with Gasteiger partial charge in [-0.2, -0.15) is 12.6 Å². The number of thiol groups is 1. The molecule has 1 unspecified atom stereocenters. The van der Waals surface area contributed by atoms with E-state index in [9.17, 15) is 0 Å². The third-order valence-electron chi connectivity index (χ3n) is 6.19. The van der Waals surface area contributed by atoms with E-state index >= 15 is 0 Å². The van der Waals surface area contributed by atoms with E-state index in [0.29, 0.717) is 12.0 Å². The molecule has 0 radical (unpaired) electrons. The summed E-state index contributed by atoms with van der Waals surface area (Å²) in [7, 11) is 1.68. The Bertz CT molecular complexity index is 911. The van der Waals surface area contributed by atoms with Crippen molar-refractivity contribution < 1.29 is 4.74 Å². The molecule has 0 aliphatic carbocycles. The van der Waals surface area contributed by atoms with Crippen molar-refractivity contribution in [2.24, 2.45) is 0 Å². The molecule has 0 aromatic heterocycles. The number of ether oxygens (including phenoxy) is 1. The van der Waals surface area contributed by atoms with Crippen LogP contribution in [0.15, 0.2) is 73.1 Å². The first-order valence-corrected chi connectivity index (χ1v) is 12.0. The highest BCUT2D eigenvalue weighted by Crippen LogP contribution is 2.34. The number of rotatable bonds is 12. The Balaban J connectivity index is 1.49. The molecule has 0 spiro atoms. The van der Waals surface area contributed by atoms with Crippen LogP contribution in [0.25, 0.3) is 0 Å². The van der Waals surface area contributed by atoms with E-state index in [1.165, 1.54) is 16.8 Å². The molecule has 1 heterocycles. The lowest BCUT2D eigenvalue weighted by Gasteiger charge is -2.28. The molecule has 0 fully saturated rings. The molecule has 2 aromatic carbocycles. The smallest absolute Gasteiger partial charge is 0.118 e. The molecule has 3 N–H and O–H groups in total. The lowest BCUT2D eigenvalue weighted by molar-refractivity contribution is 0.414. The van der Waals surface area contributed by atoms with E-state index in [1.54, 1.807) is 7.11 Å². The number of nitrogens with one attached hydrogen (secondary N) is 3. The second-order valence-corrected chi connectivity index (χ2v) is 9.29. The number of hydrogen-bond acceptors (Lipinski definition) is 5. The molecule has 0 amide bonds. The molecule has 1 aliphatic heterocycles. The van der Waals surface area contributed by atoms with Crippen molar-refractivity contribution in [2.45, 2.75) is 56.4 Å². The third kappa shape index (κ3) is 6.26. The SMILES string of the molecule is C=C(N[C@H](C)CC1CNc2ccccc21)[C@H](CC)NC(=C)[C@@H](S)Cc1ccc(OC)cc1. The summed E-state index contributed by atoms with van der Waals surface area (Å²) in [6, 6.07) is 17.2. The normalized spacial score (nSPS) is 17.4. The Labute approximate surface area is 198 Å². The summed E-state index contributed by atoms with van der Waals surface area (Å²) in [6.45, 7) is 14.0. The maximum absolute atomic E-state index is 5.24. The van der Waals surface area contributed by atoms with Crippen molar-refractivity contribution in [1.82, 2.24) is 10.6 Å². The van der Waals surface area contributed by atoms with Crippen molar-refractivity contribution in [3.05, 3.63) is 84.2 Å². The van der Waals surface area contributed by atoms with Gasteiger partial charge in [0, 0.05) is 40.8 Å². The first-order valence-electron chi connectivity index (χ1n) is 11.5. The van der Waals surface area contributed by atoms with E-state index in [0.717, 1.165) is 43.0 Å². The minimum absolute atomic E-state index is 0.0173. The zero-order chi connectivity index (χ0) is 23.1. The number of hydrogen-bond donors (Lipinski definition) is 4. The molecule has 32 heavy (non-hydrogen) atoms. The molecule has 0 saturated heterocycles. The fourth-order valence-electron chi connectivity index (χ4n) is 4.33. The average Bonchev–Trinajstić information content (AvgIpc) is 3.20. The van der Waals surface area contributed by atoms with E-state index in [2.05, 4.69) is 79.4 Å². The molecule has 2 aromatic rings. The van der Waals surface area contributed by atoms with Gasteiger partial charge in [-0.15, -0.1) is 0 Å². The second-order valence-electron chi connectivity index (χ2n) is 8.67. The standard InChI is InChI=1S/C27H37N3OS/c1-6-25(30-20(4)27(32)16-21-11-13-23(31-5)14-12-21)19(3)29-18(2)15-22-17-28-26-10-8-7-9-24(22)26/h7-14,18,22,25,27-30,32H,3-4,6,15-17H2,1-2,5H3/t18-,22?,25+,27+/m1/s1. The van der Waals surface area contributed by atoms with Gasteiger partial charge >= 0.3 is 0 Å². The lowest BCUT2D eigenvalue weighted by atomic mass is 9.94. The van der Waals surface area contributed by atoms with Gasteiger partial charge < -0.3 is 20.7 Å². The van der Waals surface area contributed by atoms with Gasteiger partial charge in [-0.05, 0) is 55.5 Å². The minimum Gasteiger partial charge on any atom is -0.497 e. The van der Waals surface area contributed by atoms with Gasteiger partial charge in [0.05, 0.1) is 13.2 Å². The minimum atomic E-state index is 0.0173. The summed E-state index contributed by atoms with van der Waals surface area (Å²) < 4.78 is 5.24. The maximum Gasteiger partial charge on any atom is 0.118 e. The van der Waals surface area contributed by atoms with Gasteiger partial charge in [-0.25, -0.2) is 0 Å². The Morgan fingerprint density at radius 1 is 1.12 bits per heavy atom. The van der Waals surface area contributed by atoms with Crippen molar-refractivity contribution in [2.75, 3.05) is 19.0 Å². The first-order chi connectivity index (χ1) is 15.4. The number of anilines is 1. The summed E-state index contributed by atoms with van der Waals surface area (Å²) in [6.07, 6.45) is 2.79. The van der Waals surface area contributed by atoms with Crippen LogP contribution < -0.4 is 20.7 Å². The molecule has 3 rings (SSSR count). The van der Waals surface area contributed by atoms with Crippen LogP contribution in [-0.2, 0) is 6.42 Å². The fourth-order valence-corrected chi connectivity index (χ4v) is 4.62. The highest BCUT2D eigenvalue weighted by atomic mass is 32.1. The van der Waals surface area contributed by atoms with Gasteiger partial charge in [-0.3, -0.25) is 0 Å². The lowest BCUT2D eigenvalue weighted by Crippen LogP contribution is -2.40. The predicted molar refractivity (Wildman–Crippen MR) is 140 cm³/mol. The van der Waals surface area contributed by atoms with Crippen LogP contribution in [0.4, 0.5) is 5.69 Å². The predicted octanol–water partition coefficient (Wildman–Crippen LogP) is 5.51. The number of benzene rings is 2. The van der Waals surface area contributed by atoms with Crippen molar-refractivity contribution in [3.8, 4) is 5.75 Å². The maximum atomic E-state index is 5.24. The first kappa shape index (κ1) is 24.1. The van der Waals surface area contributed by atoms with Gasteiger partial charge in [0.25, 0.3) is 0 Å². The third-order valence-corrected chi connectivity index (χ3v) is 6.68. The molecule has 4 nitrogen and oxygen atoms in total. The summed E-state index contributed by atoms with van der Waals surface area (Å²) in [5, 5.41) is 10.7. The van der Waals surface area contributed by atoms with Gasteiger partial charge in [0.2, 0.25) is 0 Å². The van der Waals surface area contributed by atoms with Crippen LogP contribution in [0, 0.1) is 0 Å². The molecule has 0 saturated carbocycles. The monoisotopic (exact) mass is 451 g/mol. The number of fused-ring (bicyclic) bond motifs is 1. The van der Waals surface area contributed by atoms with Crippen LogP contribution in [-0.4, -0.2) is 31.0 Å². The number of methoxy groups -OCH3 is 1. The van der Waals surface area contributed by atoms with Crippen LogP contribution >= 0.6 is 12.6 Å². The fraction of sp³-hybridized carbons (Fsp3) is 0.407. The molecule has 4 atom stereocenters. The van der Waals surface area contributed by atoms with Gasteiger partial charge in [0.15, 0.2) is 0 Å². The molecule has 5 heteroatoms. The van der Waals surface area contributed by atoms with Crippen LogP contribution in [0.3, 0.4) is 0 Å². The molecule has 1 aliphatic rings. The van der Waals surface area contributed by atoms with Crippen LogP contribution in [0.2, 0.25) is 0 Å². The molecule has 172 valence electrons. The second kappa shape index (κ2) is 11.4. The van der Waals surface area contributed by atoms with E-state index < -0.39 is 0 Å². The number of para-hydroxylation sites is 1. The summed E-state index contributed by atoms with van der Waals surface area (Å²) >= 11 is 4.79. The van der Waals surface area contributed by atoms with E-state index in [-0.39, 0.29) is 11.3 Å². The molecular formula is C27H37N3OS. The van der Waals surface area contributed by atoms with Crippen molar-refractivity contribution in [3.63, 3.8) is 0 Å². The van der Waals surface area contributed by atoms with Gasteiger partial charge in [-0.1, -0.05) is 50.4 Å². The highest BCUT2D eigenvalue weighted by Gasteiger charge is 2.24. The van der Waals surface area contributed by atoms with Gasteiger partial charge in [0.1, 0.15) is 5.75 Å². The Morgan fingerprint density at radius 3 is 2.53 bits per heavy atom. The van der Waals surface area contributed by atoms with Crippen LogP contribution in [0.5, 0.6) is 5.75 Å². The quantitative estimate of drug-likeness (QED) is 0.321. The van der Waals surface area contributed by atoms with E-state index in [1.807, 2.05) is 12.1 Å². The zero-order valence-electron chi connectivity index (χ0n) is 19.5. The Morgan fingerprint density at radius 2 is 1.84 bits per heavy atom. The Kier molecular flexibility index (Phi) is 8.57. The highest BCUT2D eigenvalue weighted by molar-refractivity contribution is 7.81. The summed E-state index contributed by atoms with van der Waals surface area (Å²) in [5.74, 6) is 1.39. The average molecular weight is 452 g/mol. The largest absolute Gasteiger partial charge is 0.497 e.